The first-order valence-corrected chi connectivity index (χ1v) is 7.62. The van der Waals surface area contributed by atoms with Crippen LogP contribution in [0.3, 0.4) is 0 Å². The molecule has 0 unspecified atom stereocenters. The summed E-state index contributed by atoms with van der Waals surface area (Å²) in [6.45, 7) is 2.04. The van der Waals surface area contributed by atoms with Crippen LogP contribution in [0.4, 0.5) is 0 Å². The predicted molar refractivity (Wildman–Crippen MR) is 81.1 cm³/mol. The second-order valence-corrected chi connectivity index (χ2v) is 5.79. The number of benzene rings is 1. The van der Waals surface area contributed by atoms with Crippen LogP contribution in [0.25, 0.3) is 0 Å². The van der Waals surface area contributed by atoms with E-state index in [4.69, 9.17) is 0 Å². The van der Waals surface area contributed by atoms with Gasteiger partial charge in [-0.1, -0.05) is 47.8 Å². The number of hydrogen-bond donors (Lipinski definition) is 1. The number of carbonyl (C=O) groups is 1. The van der Waals surface area contributed by atoms with E-state index in [0.717, 1.165) is 47.9 Å². The molecular weight excluding hydrogens is 304 g/mol. The van der Waals surface area contributed by atoms with Gasteiger partial charge in [-0.25, -0.2) is 5.43 Å². The van der Waals surface area contributed by atoms with Crippen LogP contribution in [-0.2, 0) is 4.79 Å². The van der Waals surface area contributed by atoms with Crippen molar-refractivity contribution in [3.63, 3.8) is 0 Å². The fourth-order valence-corrected chi connectivity index (χ4v) is 2.66. The smallest absolute Gasteiger partial charge is 0.243 e. The highest BCUT2D eigenvalue weighted by molar-refractivity contribution is 9.10. The molecule has 1 aliphatic carbocycles. The SMILES string of the molecule is CCC(=NNC(=O)C1CCCC1)c1ccc(Br)cc1. The van der Waals surface area contributed by atoms with Crippen molar-refractivity contribution in [3.8, 4) is 0 Å². The van der Waals surface area contributed by atoms with Crippen LogP contribution in [0.2, 0.25) is 0 Å². The molecule has 1 saturated carbocycles. The molecule has 0 aromatic heterocycles. The molecule has 0 aliphatic heterocycles. The van der Waals surface area contributed by atoms with Crippen LogP contribution in [0.15, 0.2) is 33.8 Å². The van der Waals surface area contributed by atoms with Gasteiger partial charge in [0.05, 0.1) is 5.71 Å². The Morgan fingerprint density at radius 2 is 1.95 bits per heavy atom. The van der Waals surface area contributed by atoms with Gasteiger partial charge in [0.15, 0.2) is 0 Å². The molecule has 0 atom stereocenters. The lowest BCUT2D eigenvalue weighted by atomic mass is 10.1. The average molecular weight is 323 g/mol. The van der Waals surface area contributed by atoms with Crippen molar-refractivity contribution in [3.05, 3.63) is 34.3 Å². The average Bonchev–Trinajstić information content (AvgIpc) is 2.95. The number of carbonyl (C=O) groups excluding carboxylic acids is 1. The molecule has 1 N–H and O–H groups in total. The second kappa shape index (κ2) is 6.85. The molecule has 102 valence electrons. The van der Waals surface area contributed by atoms with E-state index in [1.807, 2.05) is 31.2 Å². The molecule has 4 heteroatoms. The van der Waals surface area contributed by atoms with Gasteiger partial charge in [0.1, 0.15) is 0 Å². The van der Waals surface area contributed by atoms with E-state index in [-0.39, 0.29) is 11.8 Å². The van der Waals surface area contributed by atoms with Crippen molar-refractivity contribution in [2.45, 2.75) is 39.0 Å². The number of nitrogens with zero attached hydrogens (tertiary/aromatic N) is 1. The van der Waals surface area contributed by atoms with E-state index in [0.29, 0.717) is 0 Å². The van der Waals surface area contributed by atoms with Gasteiger partial charge >= 0.3 is 0 Å². The second-order valence-electron chi connectivity index (χ2n) is 4.88. The Balaban J connectivity index is 2.02. The Morgan fingerprint density at radius 1 is 1.32 bits per heavy atom. The molecule has 1 fully saturated rings. The molecule has 1 aromatic rings. The number of amides is 1. The summed E-state index contributed by atoms with van der Waals surface area (Å²) < 4.78 is 1.04. The van der Waals surface area contributed by atoms with Gasteiger partial charge in [0.25, 0.3) is 0 Å². The fraction of sp³-hybridized carbons (Fsp3) is 0.467. The van der Waals surface area contributed by atoms with Crippen LogP contribution >= 0.6 is 15.9 Å². The van der Waals surface area contributed by atoms with Crippen LogP contribution in [0.5, 0.6) is 0 Å². The lowest BCUT2D eigenvalue weighted by Gasteiger charge is -2.09. The van der Waals surface area contributed by atoms with E-state index >= 15 is 0 Å². The molecule has 0 bridgehead atoms. The van der Waals surface area contributed by atoms with Crippen molar-refractivity contribution >= 4 is 27.5 Å². The van der Waals surface area contributed by atoms with Gasteiger partial charge < -0.3 is 0 Å². The van der Waals surface area contributed by atoms with E-state index in [2.05, 4.69) is 26.5 Å². The summed E-state index contributed by atoms with van der Waals surface area (Å²) in [6, 6.07) is 7.99. The highest BCUT2D eigenvalue weighted by Gasteiger charge is 2.22. The summed E-state index contributed by atoms with van der Waals surface area (Å²) in [5.74, 6) is 0.229. The minimum absolute atomic E-state index is 0.0700. The highest BCUT2D eigenvalue weighted by Crippen LogP contribution is 2.24. The maximum absolute atomic E-state index is 11.9. The molecule has 0 spiro atoms. The summed E-state index contributed by atoms with van der Waals surface area (Å²) in [7, 11) is 0. The Kier molecular flexibility index (Phi) is 5.14. The van der Waals surface area contributed by atoms with Crippen molar-refractivity contribution < 1.29 is 4.79 Å². The first-order valence-electron chi connectivity index (χ1n) is 6.83. The Bertz CT molecular complexity index is 462. The maximum Gasteiger partial charge on any atom is 0.243 e. The van der Waals surface area contributed by atoms with Crippen LogP contribution in [-0.4, -0.2) is 11.6 Å². The molecule has 3 nitrogen and oxygen atoms in total. The quantitative estimate of drug-likeness (QED) is 0.663. The monoisotopic (exact) mass is 322 g/mol. The number of hydrogen-bond acceptors (Lipinski definition) is 2. The standard InChI is InChI=1S/C15H19BrN2O/c1-2-14(11-7-9-13(16)10-8-11)17-18-15(19)12-5-3-4-6-12/h7-10,12H,2-6H2,1H3,(H,18,19). The number of halogens is 1. The molecule has 0 radical (unpaired) electrons. The van der Waals surface area contributed by atoms with Gasteiger partial charge in [-0.3, -0.25) is 4.79 Å². The lowest BCUT2D eigenvalue weighted by molar-refractivity contribution is -0.124. The van der Waals surface area contributed by atoms with Crippen LogP contribution in [0, 0.1) is 5.92 Å². The fourth-order valence-electron chi connectivity index (χ4n) is 2.39. The third-order valence-corrected chi connectivity index (χ3v) is 4.07. The van der Waals surface area contributed by atoms with Crippen LogP contribution in [0.1, 0.15) is 44.6 Å². The van der Waals surface area contributed by atoms with E-state index in [1.54, 1.807) is 0 Å². The summed E-state index contributed by atoms with van der Waals surface area (Å²) >= 11 is 3.41. The molecule has 1 amide bonds. The Morgan fingerprint density at radius 3 is 2.53 bits per heavy atom. The van der Waals surface area contributed by atoms with Gasteiger partial charge in [-0.2, -0.15) is 5.10 Å². The maximum atomic E-state index is 11.9. The van der Waals surface area contributed by atoms with E-state index < -0.39 is 0 Å². The minimum atomic E-state index is 0.0700. The van der Waals surface area contributed by atoms with E-state index in [9.17, 15) is 4.79 Å². The molecule has 19 heavy (non-hydrogen) atoms. The number of rotatable bonds is 4. The Labute approximate surface area is 122 Å². The predicted octanol–water partition coefficient (Wildman–Crippen LogP) is 3.87. The summed E-state index contributed by atoms with van der Waals surface area (Å²) in [6.07, 6.45) is 5.12. The van der Waals surface area contributed by atoms with Crippen LogP contribution < -0.4 is 5.43 Å². The Hall–Kier alpha value is -1.16. The molecular formula is C15H19BrN2O. The zero-order valence-electron chi connectivity index (χ0n) is 11.2. The van der Waals surface area contributed by atoms with Gasteiger partial charge in [0, 0.05) is 10.4 Å². The highest BCUT2D eigenvalue weighted by atomic mass is 79.9. The summed E-state index contributed by atoms with van der Waals surface area (Å²) in [5.41, 5.74) is 4.69. The topological polar surface area (TPSA) is 41.5 Å². The largest absolute Gasteiger partial charge is 0.273 e. The minimum Gasteiger partial charge on any atom is -0.273 e. The molecule has 1 aromatic carbocycles. The van der Waals surface area contributed by atoms with Crippen molar-refractivity contribution in [1.29, 1.82) is 0 Å². The summed E-state index contributed by atoms with van der Waals surface area (Å²) in [5, 5.41) is 4.29. The van der Waals surface area contributed by atoms with Crippen molar-refractivity contribution in [1.82, 2.24) is 5.43 Å². The zero-order chi connectivity index (χ0) is 13.7. The number of hydrazone groups is 1. The van der Waals surface area contributed by atoms with E-state index in [1.165, 1.54) is 0 Å². The molecule has 0 heterocycles. The van der Waals surface area contributed by atoms with Crippen molar-refractivity contribution in [2.75, 3.05) is 0 Å². The number of nitrogens with one attached hydrogen (secondary N) is 1. The van der Waals surface area contributed by atoms with Crippen molar-refractivity contribution in [2.24, 2.45) is 11.0 Å². The normalized spacial score (nSPS) is 16.6. The zero-order valence-corrected chi connectivity index (χ0v) is 12.7. The third kappa shape index (κ3) is 3.90. The first-order chi connectivity index (χ1) is 9.20. The lowest BCUT2D eigenvalue weighted by Crippen LogP contribution is -2.26. The van der Waals surface area contributed by atoms with Gasteiger partial charge in [-0.15, -0.1) is 0 Å². The van der Waals surface area contributed by atoms with Gasteiger partial charge in [0.2, 0.25) is 5.91 Å². The van der Waals surface area contributed by atoms with Gasteiger partial charge in [-0.05, 0) is 37.0 Å². The third-order valence-electron chi connectivity index (χ3n) is 3.54. The first kappa shape index (κ1) is 14.3. The summed E-state index contributed by atoms with van der Waals surface area (Å²) in [4.78, 5) is 11.9. The molecule has 2 rings (SSSR count). The molecule has 0 saturated heterocycles. The molecule has 1 aliphatic rings.